The van der Waals surface area contributed by atoms with Crippen LogP contribution in [0.5, 0.6) is 0 Å². The van der Waals surface area contributed by atoms with Crippen molar-refractivity contribution in [3.63, 3.8) is 0 Å². The molecule has 0 spiro atoms. The highest BCUT2D eigenvalue weighted by molar-refractivity contribution is 9.10. The maximum atomic E-state index is 13.9. The number of rotatable bonds is 2. The van der Waals surface area contributed by atoms with Crippen molar-refractivity contribution in [2.75, 3.05) is 0 Å². The van der Waals surface area contributed by atoms with Gasteiger partial charge in [-0.15, -0.1) is 0 Å². The summed E-state index contributed by atoms with van der Waals surface area (Å²) in [5.41, 5.74) is 0.0857. The molecule has 3 unspecified atom stereocenters. The fourth-order valence-electron chi connectivity index (χ4n) is 2.72. The Hall–Kier alpha value is -0.480. The van der Waals surface area contributed by atoms with Crippen molar-refractivity contribution >= 4 is 15.9 Å². The summed E-state index contributed by atoms with van der Waals surface area (Å²) in [6.45, 7) is 2.12. The van der Waals surface area contributed by atoms with Crippen molar-refractivity contribution < 1.29 is 13.9 Å². The van der Waals surface area contributed by atoms with Crippen LogP contribution in [0.1, 0.15) is 31.7 Å². The van der Waals surface area contributed by atoms with Crippen LogP contribution >= 0.6 is 15.9 Å². The molecule has 1 aliphatic rings. The van der Waals surface area contributed by atoms with Gasteiger partial charge in [-0.1, -0.05) is 6.92 Å². The molecule has 1 aliphatic carbocycles. The van der Waals surface area contributed by atoms with Crippen LogP contribution in [-0.2, 0) is 6.42 Å². The van der Waals surface area contributed by atoms with Crippen LogP contribution in [0.25, 0.3) is 0 Å². The average Bonchev–Trinajstić information content (AvgIpc) is 2.34. The molecule has 0 bridgehead atoms. The van der Waals surface area contributed by atoms with E-state index in [1.54, 1.807) is 0 Å². The first-order chi connectivity index (χ1) is 8.49. The van der Waals surface area contributed by atoms with E-state index in [9.17, 15) is 13.9 Å². The lowest BCUT2D eigenvalue weighted by atomic mass is 9.77. The SMILES string of the molecule is CC1CCC(O)C(Cc2c(F)ccc(Br)c2F)C1. The first-order valence-electron chi connectivity index (χ1n) is 6.29. The molecule has 100 valence electrons. The molecule has 1 nitrogen and oxygen atoms in total. The molecule has 0 saturated heterocycles. The number of benzene rings is 1. The lowest BCUT2D eigenvalue weighted by Crippen LogP contribution is -2.30. The van der Waals surface area contributed by atoms with E-state index in [-0.39, 0.29) is 22.4 Å². The highest BCUT2D eigenvalue weighted by atomic mass is 79.9. The Morgan fingerprint density at radius 3 is 2.78 bits per heavy atom. The molecule has 1 fully saturated rings. The lowest BCUT2D eigenvalue weighted by molar-refractivity contribution is 0.0511. The molecule has 0 aromatic heterocycles. The smallest absolute Gasteiger partial charge is 0.143 e. The van der Waals surface area contributed by atoms with Crippen molar-refractivity contribution in [3.8, 4) is 0 Å². The second-order valence-corrected chi connectivity index (χ2v) is 6.13. The fraction of sp³-hybridized carbons (Fsp3) is 0.571. The van der Waals surface area contributed by atoms with Gasteiger partial charge in [-0.2, -0.15) is 0 Å². The summed E-state index contributed by atoms with van der Waals surface area (Å²) in [6, 6.07) is 2.63. The number of aliphatic hydroxyl groups excluding tert-OH is 1. The van der Waals surface area contributed by atoms with Crippen LogP contribution < -0.4 is 0 Å². The maximum Gasteiger partial charge on any atom is 0.143 e. The Bertz CT molecular complexity index is 436. The third-order valence-corrected chi connectivity index (χ3v) is 4.42. The average molecular weight is 319 g/mol. The lowest BCUT2D eigenvalue weighted by Gasteiger charge is -2.31. The van der Waals surface area contributed by atoms with Crippen LogP contribution in [-0.4, -0.2) is 11.2 Å². The van der Waals surface area contributed by atoms with Gasteiger partial charge in [0.1, 0.15) is 11.6 Å². The van der Waals surface area contributed by atoms with Gasteiger partial charge in [0.05, 0.1) is 10.6 Å². The number of hydrogen-bond acceptors (Lipinski definition) is 1. The van der Waals surface area contributed by atoms with Crippen LogP contribution in [0.3, 0.4) is 0 Å². The molecule has 4 heteroatoms. The van der Waals surface area contributed by atoms with E-state index < -0.39 is 17.7 Å². The molecule has 0 heterocycles. The molecule has 0 radical (unpaired) electrons. The molecular formula is C14H17BrF2O. The number of aliphatic hydroxyl groups is 1. The molecule has 1 N–H and O–H groups in total. The molecule has 3 atom stereocenters. The van der Waals surface area contributed by atoms with Gasteiger partial charge in [-0.3, -0.25) is 0 Å². The molecule has 1 aromatic rings. The normalized spacial score (nSPS) is 28.4. The summed E-state index contributed by atoms with van der Waals surface area (Å²) in [4.78, 5) is 0. The molecule has 0 amide bonds. The Morgan fingerprint density at radius 1 is 1.33 bits per heavy atom. The van der Waals surface area contributed by atoms with Gasteiger partial charge in [0.2, 0.25) is 0 Å². The highest BCUT2D eigenvalue weighted by Gasteiger charge is 2.29. The Kier molecular flexibility index (Phi) is 4.38. The Morgan fingerprint density at radius 2 is 2.06 bits per heavy atom. The van der Waals surface area contributed by atoms with Gasteiger partial charge in [-0.05, 0) is 65.6 Å². The zero-order valence-electron chi connectivity index (χ0n) is 10.3. The van der Waals surface area contributed by atoms with Crippen molar-refractivity contribution in [1.82, 2.24) is 0 Å². The predicted molar refractivity (Wildman–Crippen MR) is 70.3 cm³/mol. The summed E-state index contributed by atoms with van der Waals surface area (Å²) in [5.74, 6) is -0.606. The second kappa shape index (κ2) is 5.66. The zero-order chi connectivity index (χ0) is 13.3. The highest BCUT2D eigenvalue weighted by Crippen LogP contribution is 2.33. The van der Waals surface area contributed by atoms with E-state index in [4.69, 9.17) is 0 Å². The van der Waals surface area contributed by atoms with Crippen molar-refractivity contribution in [2.24, 2.45) is 11.8 Å². The standard InChI is InChI=1S/C14H17BrF2O/c1-8-2-5-13(18)9(6-8)7-10-12(16)4-3-11(15)14(10)17/h3-4,8-9,13,18H,2,5-7H2,1H3. The van der Waals surface area contributed by atoms with Gasteiger partial charge < -0.3 is 5.11 Å². The first-order valence-corrected chi connectivity index (χ1v) is 7.08. The minimum absolute atomic E-state index is 0.0490. The van der Waals surface area contributed by atoms with E-state index >= 15 is 0 Å². The minimum atomic E-state index is -0.541. The van der Waals surface area contributed by atoms with E-state index in [2.05, 4.69) is 22.9 Å². The van der Waals surface area contributed by atoms with Crippen molar-refractivity contribution in [3.05, 3.63) is 33.8 Å². The van der Waals surface area contributed by atoms with Crippen LogP contribution in [0.2, 0.25) is 0 Å². The maximum absolute atomic E-state index is 13.9. The molecular weight excluding hydrogens is 302 g/mol. The molecule has 18 heavy (non-hydrogen) atoms. The summed E-state index contributed by atoms with van der Waals surface area (Å²) >= 11 is 3.07. The quantitative estimate of drug-likeness (QED) is 0.815. The second-order valence-electron chi connectivity index (χ2n) is 5.27. The van der Waals surface area contributed by atoms with Gasteiger partial charge in [0.15, 0.2) is 0 Å². The number of halogens is 3. The van der Waals surface area contributed by atoms with Gasteiger partial charge in [-0.25, -0.2) is 8.78 Å². The first kappa shape index (κ1) is 13.9. The number of hydrogen-bond donors (Lipinski definition) is 1. The molecule has 1 aromatic carbocycles. The minimum Gasteiger partial charge on any atom is -0.393 e. The van der Waals surface area contributed by atoms with E-state index in [1.165, 1.54) is 12.1 Å². The van der Waals surface area contributed by atoms with Crippen molar-refractivity contribution in [2.45, 2.75) is 38.7 Å². The van der Waals surface area contributed by atoms with Gasteiger partial charge in [0, 0.05) is 5.56 Å². The molecule has 0 aliphatic heterocycles. The fourth-order valence-corrected chi connectivity index (χ4v) is 3.09. The largest absolute Gasteiger partial charge is 0.393 e. The summed E-state index contributed by atoms with van der Waals surface area (Å²) in [5, 5.41) is 9.94. The predicted octanol–water partition coefficient (Wildman–Crippen LogP) is 4.07. The zero-order valence-corrected chi connectivity index (χ0v) is 11.9. The monoisotopic (exact) mass is 318 g/mol. The van der Waals surface area contributed by atoms with Crippen LogP contribution in [0, 0.1) is 23.5 Å². The van der Waals surface area contributed by atoms with Crippen molar-refractivity contribution in [1.29, 1.82) is 0 Å². The molecule has 2 rings (SSSR count). The third-order valence-electron chi connectivity index (χ3n) is 3.81. The van der Waals surface area contributed by atoms with E-state index in [0.29, 0.717) is 5.92 Å². The summed E-state index contributed by atoms with van der Waals surface area (Å²) < 4.78 is 27.8. The molecule has 1 saturated carbocycles. The topological polar surface area (TPSA) is 20.2 Å². The third kappa shape index (κ3) is 2.91. The Labute approximate surface area is 114 Å². The van der Waals surface area contributed by atoms with Gasteiger partial charge in [0.25, 0.3) is 0 Å². The van der Waals surface area contributed by atoms with Gasteiger partial charge >= 0.3 is 0 Å². The van der Waals surface area contributed by atoms with E-state index in [1.807, 2.05) is 0 Å². The van der Waals surface area contributed by atoms with E-state index in [0.717, 1.165) is 19.3 Å². The summed E-state index contributed by atoms with van der Waals surface area (Å²) in [6.07, 6.45) is 2.36. The van der Waals surface area contributed by atoms with Crippen LogP contribution in [0.15, 0.2) is 16.6 Å². The van der Waals surface area contributed by atoms with Crippen LogP contribution in [0.4, 0.5) is 8.78 Å². The Balaban J connectivity index is 2.20. The summed E-state index contributed by atoms with van der Waals surface area (Å²) in [7, 11) is 0.